The predicted molar refractivity (Wildman–Crippen MR) is 74.1 cm³/mol. The van der Waals surface area contributed by atoms with Crippen LogP contribution in [0.1, 0.15) is 25.7 Å². The molecular weight excluding hydrogens is 309 g/mol. The summed E-state index contributed by atoms with van der Waals surface area (Å²) in [5.41, 5.74) is 5.97. The van der Waals surface area contributed by atoms with E-state index in [0.29, 0.717) is 13.2 Å². The molecule has 2 heterocycles. The molecular formula is C13H22ClF3N2O2. The normalized spacial score (nSPS) is 23.5. The number of piperidine rings is 1. The third-order valence-corrected chi connectivity index (χ3v) is 4.33. The first-order chi connectivity index (χ1) is 9.39. The van der Waals surface area contributed by atoms with Crippen LogP contribution >= 0.6 is 12.4 Å². The molecule has 2 rings (SSSR count). The summed E-state index contributed by atoms with van der Waals surface area (Å²) in [5.74, 6) is -1.42. The van der Waals surface area contributed by atoms with Crippen LogP contribution in [0, 0.1) is 11.8 Å². The topological polar surface area (TPSA) is 55.6 Å². The van der Waals surface area contributed by atoms with E-state index in [0.717, 1.165) is 12.8 Å². The first kappa shape index (κ1) is 18.5. The largest absolute Gasteiger partial charge is 0.391 e. The van der Waals surface area contributed by atoms with Gasteiger partial charge in [0.25, 0.3) is 0 Å². The molecule has 2 saturated heterocycles. The Morgan fingerprint density at radius 3 is 2.14 bits per heavy atom. The smallest absolute Gasteiger partial charge is 0.381 e. The van der Waals surface area contributed by atoms with Crippen LogP contribution in [0.2, 0.25) is 0 Å². The second-order valence-electron chi connectivity index (χ2n) is 5.62. The van der Waals surface area contributed by atoms with Gasteiger partial charge in [-0.3, -0.25) is 4.79 Å². The number of alkyl halides is 3. The Morgan fingerprint density at radius 2 is 1.67 bits per heavy atom. The molecule has 21 heavy (non-hydrogen) atoms. The van der Waals surface area contributed by atoms with E-state index < -0.39 is 18.1 Å². The Kier molecular flexibility index (Phi) is 6.74. The molecule has 2 aliphatic rings. The Labute approximate surface area is 128 Å². The second kappa shape index (κ2) is 7.65. The van der Waals surface area contributed by atoms with Crippen molar-refractivity contribution in [2.24, 2.45) is 17.6 Å². The Balaban J connectivity index is 0.00000220. The number of halogens is 4. The van der Waals surface area contributed by atoms with Crippen molar-refractivity contribution in [3.8, 4) is 0 Å². The van der Waals surface area contributed by atoms with E-state index in [1.165, 1.54) is 4.90 Å². The van der Waals surface area contributed by atoms with E-state index >= 15 is 0 Å². The van der Waals surface area contributed by atoms with Crippen LogP contribution in [0.15, 0.2) is 0 Å². The van der Waals surface area contributed by atoms with Gasteiger partial charge in [-0.2, -0.15) is 13.2 Å². The van der Waals surface area contributed by atoms with Crippen molar-refractivity contribution >= 4 is 18.3 Å². The summed E-state index contributed by atoms with van der Waals surface area (Å²) >= 11 is 0. The number of hydrogen-bond acceptors (Lipinski definition) is 3. The number of ether oxygens (including phenoxy) is 1. The Hall–Kier alpha value is -0.530. The minimum Gasteiger partial charge on any atom is -0.381 e. The van der Waals surface area contributed by atoms with Gasteiger partial charge >= 0.3 is 6.18 Å². The first-order valence-electron chi connectivity index (χ1n) is 7.08. The molecule has 0 bridgehead atoms. The highest BCUT2D eigenvalue weighted by atomic mass is 35.5. The fraction of sp³-hybridized carbons (Fsp3) is 0.923. The number of nitrogens with zero attached hydrogens (tertiary/aromatic N) is 1. The standard InChI is InChI=1S/C13H21F3N2O2.ClH/c14-13(15,16)10-1-5-18(6-2-10)12(19)11(17)9-3-7-20-8-4-9;/h9-11H,1-8,17H2;1H. The van der Waals surface area contributed by atoms with E-state index in [1.807, 2.05) is 0 Å². The SMILES string of the molecule is Cl.NC(C(=O)N1CCC(C(F)(F)F)CC1)C1CCOCC1. The fourth-order valence-electron chi connectivity index (χ4n) is 2.91. The van der Waals surface area contributed by atoms with Crippen LogP contribution in [0.3, 0.4) is 0 Å². The summed E-state index contributed by atoms with van der Waals surface area (Å²) in [5, 5.41) is 0. The average Bonchev–Trinajstić information content (AvgIpc) is 2.46. The highest BCUT2D eigenvalue weighted by Crippen LogP contribution is 2.34. The van der Waals surface area contributed by atoms with Gasteiger partial charge in [0, 0.05) is 26.3 Å². The van der Waals surface area contributed by atoms with Gasteiger partial charge in [-0.1, -0.05) is 0 Å². The second-order valence-corrected chi connectivity index (χ2v) is 5.62. The lowest BCUT2D eigenvalue weighted by Crippen LogP contribution is -2.52. The number of nitrogens with two attached hydrogens (primary N) is 1. The molecule has 0 aliphatic carbocycles. The number of carbonyl (C=O) groups is 1. The van der Waals surface area contributed by atoms with Crippen molar-refractivity contribution in [1.29, 1.82) is 0 Å². The predicted octanol–water partition coefficient (Wildman–Crippen LogP) is 1.96. The van der Waals surface area contributed by atoms with Crippen LogP contribution in [0.25, 0.3) is 0 Å². The van der Waals surface area contributed by atoms with E-state index in [-0.39, 0.29) is 50.2 Å². The maximum Gasteiger partial charge on any atom is 0.391 e. The van der Waals surface area contributed by atoms with Crippen LogP contribution < -0.4 is 5.73 Å². The average molecular weight is 331 g/mol. The number of amides is 1. The lowest BCUT2D eigenvalue weighted by atomic mass is 9.90. The van der Waals surface area contributed by atoms with E-state index in [4.69, 9.17) is 10.5 Å². The molecule has 2 fully saturated rings. The first-order valence-corrected chi connectivity index (χ1v) is 7.08. The summed E-state index contributed by atoms with van der Waals surface area (Å²) in [6, 6.07) is -0.610. The lowest BCUT2D eigenvalue weighted by molar-refractivity contribution is -0.186. The Morgan fingerprint density at radius 1 is 1.14 bits per heavy atom. The third-order valence-electron chi connectivity index (χ3n) is 4.33. The van der Waals surface area contributed by atoms with Gasteiger partial charge in [0.2, 0.25) is 5.91 Å². The molecule has 2 aliphatic heterocycles. The van der Waals surface area contributed by atoms with Gasteiger partial charge in [-0.15, -0.1) is 12.4 Å². The zero-order chi connectivity index (χ0) is 14.8. The van der Waals surface area contributed by atoms with E-state index in [2.05, 4.69) is 0 Å². The monoisotopic (exact) mass is 330 g/mol. The lowest BCUT2D eigenvalue weighted by Gasteiger charge is -2.36. The van der Waals surface area contributed by atoms with Crippen molar-refractivity contribution in [3.05, 3.63) is 0 Å². The van der Waals surface area contributed by atoms with Crippen LogP contribution in [0.5, 0.6) is 0 Å². The maximum atomic E-state index is 12.6. The molecule has 2 N–H and O–H groups in total. The van der Waals surface area contributed by atoms with Crippen LogP contribution in [0.4, 0.5) is 13.2 Å². The van der Waals surface area contributed by atoms with Gasteiger partial charge in [0.1, 0.15) is 0 Å². The van der Waals surface area contributed by atoms with Gasteiger partial charge in [-0.05, 0) is 31.6 Å². The van der Waals surface area contributed by atoms with Crippen molar-refractivity contribution in [2.45, 2.75) is 37.9 Å². The van der Waals surface area contributed by atoms with Crippen LogP contribution in [-0.4, -0.2) is 49.3 Å². The summed E-state index contributed by atoms with van der Waals surface area (Å²) in [6.07, 6.45) is -2.71. The molecule has 0 saturated carbocycles. The van der Waals surface area contributed by atoms with Gasteiger partial charge in [-0.25, -0.2) is 0 Å². The maximum absolute atomic E-state index is 12.6. The van der Waals surface area contributed by atoms with Gasteiger partial charge < -0.3 is 15.4 Å². The van der Waals surface area contributed by atoms with E-state index in [1.54, 1.807) is 0 Å². The van der Waals surface area contributed by atoms with Crippen molar-refractivity contribution < 1.29 is 22.7 Å². The van der Waals surface area contributed by atoms with E-state index in [9.17, 15) is 18.0 Å². The molecule has 1 atom stereocenters. The highest BCUT2D eigenvalue weighted by molar-refractivity contribution is 5.85. The third kappa shape index (κ3) is 4.72. The molecule has 124 valence electrons. The molecule has 0 spiro atoms. The number of likely N-dealkylation sites (tertiary alicyclic amines) is 1. The fourth-order valence-corrected chi connectivity index (χ4v) is 2.91. The molecule has 4 nitrogen and oxygen atoms in total. The van der Waals surface area contributed by atoms with Gasteiger partial charge in [0.05, 0.1) is 12.0 Å². The molecule has 8 heteroatoms. The number of carbonyl (C=O) groups excluding carboxylic acids is 1. The Bertz CT molecular complexity index is 341. The summed E-state index contributed by atoms with van der Waals surface area (Å²) in [6.45, 7) is 1.50. The molecule has 0 radical (unpaired) electrons. The summed E-state index contributed by atoms with van der Waals surface area (Å²) < 4.78 is 43.0. The highest BCUT2D eigenvalue weighted by Gasteiger charge is 2.42. The molecule has 1 unspecified atom stereocenters. The van der Waals surface area contributed by atoms with Crippen molar-refractivity contribution in [2.75, 3.05) is 26.3 Å². The zero-order valence-electron chi connectivity index (χ0n) is 11.8. The molecule has 0 aromatic heterocycles. The minimum atomic E-state index is -4.15. The van der Waals surface area contributed by atoms with Crippen LogP contribution in [-0.2, 0) is 9.53 Å². The molecule has 0 aromatic carbocycles. The van der Waals surface area contributed by atoms with Gasteiger partial charge in [0.15, 0.2) is 0 Å². The van der Waals surface area contributed by atoms with Crippen molar-refractivity contribution in [1.82, 2.24) is 4.90 Å². The zero-order valence-corrected chi connectivity index (χ0v) is 12.6. The number of hydrogen-bond donors (Lipinski definition) is 1. The molecule has 0 aromatic rings. The minimum absolute atomic E-state index is 0. The van der Waals surface area contributed by atoms with Crippen molar-refractivity contribution in [3.63, 3.8) is 0 Å². The summed E-state index contributed by atoms with van der Waals surface area (Å²) in [7, 11) is 0. The number of rotatable bonds is 2. The quantitative estimate of drug-likeness (QED) is 0.842. The summed E-state index contributed by atoms with van der Waals surface area (Å²) in [4.78, 5) is 13.7. The molecule has 1 amide bonds.